The number of allylic oxidation sites excluding steroid dienone is 2. The van der Waals surface area contributed by atoms with E-state index in [2.05, 4.69) is 0 Å². The summed E-state index contributed by atoms with van der Waals surface area (Å²) in [4.78, 5) is 26.8. The molecular formula is C30H46O13. The molecule has 43 heavy (non-hydrogen) atoms. The molecule has 0 radical (unpaired) electrons. The number of ether oxygens (including phenoxy) is 6. The first-order chi connectivity index (χ1) is 20.1. The molecule has 13 nitrogen and oxygen atoms in total. The Balaban J connectivity index is 1.60. The van der Waals surface area contributed by atoms with Gasteiger partial charge in [-0.1, -0.05) is 20.8 Å². The van der Waals surface area contributed by atoms with Crippen LogP contribution in [0.15, 0.2) is 11.8 Å². The summed E-state index contributed by atoms with van der Waals surface area (Å²) in [6, 6.07) is 0. The lowest BCUT2D eigenvalue weighted by atomic mass is 9.37. The third-order valence-electron chi connectivity index (χ3n) is 11.3. The Hall–Kier alpha value is -1.68. The van der Waals surface area contributed by atoms with Crippen molar-refractivity contribution in [2.24, 2.45) is 34.5 Å². The molecule has 0 amide bonds. The number of aliphatic hydroxyl groups excluding tert-OH is 4. The number of carbonyl (C=O) groups excluding carboxylic acids is 2. The van der Waals surface area contributed by atoms with Crippen LogP contribution < -0.4 is 0 Å². The summed E-state index contributed by atoms with van der Waals surface area (Å²) in [6.45, 7) is 8.09. The van der Waals surface area contributed by atoms with Gasteiger partial charge in [0.2, 0.25) is 5.78 Å². The van der Waals surface area contributed by atoms with Crippen molar-refractivity contribution in [3.8, 4) is 0 Å². The number of methoxy groups -OCH3 is 2. The van der Waals surface area contributed by atoms with Crippen molar-refractivity contribution in [2.75, 3.05) is 20.8 Å². The summed E-state index contributed by atoms with van der Waals surface area (Å²) < 4.78 is 35.6. The fourth-order valence-corrected chi connectivity index (χ4v) is 9.44. The molecule has 4 fully saturated rings. The van der Waals surface area contributed by atoms with E-state index in [1.165, 1.54) is 21.1 Å². The van der Waals surface area contributed by atoms with Gasteiger partial charge in [-0.05, 0) is 31.3 Å². The molecular weight excluding hydrogens is 568 g/mol. The van der Waals surface area contributed by atoms with Crippen LogP contribution in [0.2, 0.25) is 0 Å². The fourth-order valence-electron chi connectivity index (χ4n) is 9.44. The lowest BCUT2D eigenvalue weighted by Crippen LogP contribution is -2.78. The maximum Gasteiger partial charge on any atom is 0.303 e. The molecule has 0 aromatic carbocycles. The largest absolute Gasteiger partial charge is 0.493 e. The standard InChI is InChI=1S/C30H46O13/c1-12-8-15(38-6)25(36)28(3)14(12)9-18-29(4)17(30(5,37)26(39-7)23(24(28)29)40-13(2)32)10-19(42-18)43-27-22(35)21(34)20(33)16(11-31)41-27/h8,12,14,16-24,26-27,31,33-35,37H,9-11H2,1-7H3/t12-,14-,16+,17-,18-,19+,20+,21-,22+,23+,24-,26-,27-,28+,29-,30+/m1/s1. The molecule has 0 aromatic heterocycles. The molecule has 2 saturated heterocycles. The Morgan fingerprint density at radius 2 is 1.74 bits per heavy atom. The summed E-state index contributed by atoms with van der Waals surface area (Å²) in [5.41, 5.74) is -3.62. The molecule has 244 valence electrons. The van der Waals surface area contributed by atoms with Crippen molar-refractivity contribution in [3.63, 3.8) is 0 Å². The van der Waals surface area contributed by atoms with Gasteiger partial charge in [0.25, 0.3) is 0 Å². The van der Waals surface area contributed by atoms with E-state index in [9.17, 15) is 35.1 Å². The Labute approximate surface area is 251 Å². The van der Waals surface area contributed by atoms with E-state index in [0.717, 1.165) is 0 Å². The van der Waals surface area contributed by atoms with Crippen LogP contribution in [0.25, 0.3) is 0 Å². The summed E-state index contributed by atoms with van der Waals surface area (Å²) in [7, 11) is 2.87. The smallest absolute Gasteiger partial charge is 0.303 e. The van der Waals surface area contributed by atoms with Crippen molar-refractivity contribution < 1.29 is 63.5 Å². The molecule has 2 aliphatic heterocycles. The van der Waals surface area contributed by atoms with Crippen LogP contribution in [-0.4, -0.2) is 119 Å². The summed E-state index contributed by atoms with van der Waals surface area (Å²) >= 11 is 0. The molecule has 13 heteroatoms. The van der Waals surface area contributed by atoms with Gasteiger partial charge in [0.15, 0.2) is 18.3 Å². The van der Waals surface area contributed by atoms with Gasteiger partial charge < -0.3 is 54.0 Å². The third kappa shape index (κ3) is 4.69. The van der Waals surface area contributed by atoms with Crippen LogP contribution in [-0.2, 0) is 38.0 Å². The molecule has 2 saturated carbocycles. The minimum atomic E-state index is -1.64. The number of aliphatic hydroxyl groups is 5. The molecule has 5 aliphatic rings. The van der Waals surface area contributed by atoms with E-state index in [1.807, 2.05) is 20.8 Å². The van der Waals surface area contributed by atoms with Gasteiger partial charge in [-0.15, -0.1) is 0 Å². The average Bonchev–Trinajstić information content (AvgIpc) is 2.93. The van der Waals surface area contributed by atoms with E-state index in [-0.39, 0.29) is 29.8 Å². The number of hydrogen-bond acceptors (Lipinski definition) is 13. The number of fused-ring (bicyclic) bond motifs is 2. The van der Waals surface area contributed by atoms with Crippen LogP contribution >= 0.6 is 0 Å². The zero-order chi connectivity index (χ0) is 31.8. The van der Waals surface area contributed by atoms with Crippen molar-refractivity contribution in [1.29, 1.82) is 0 Å². The highest BCUT2D eigenvalue weighted by molar-refractivity contribution is 5.99. The Bertz CT molecular complexity index is 1120. The van der Waals surface area contributed by atoms with Gasteiger partial charge in [-0.25, -0.2) is 0 Å². The zero-order valence-corrected chi connectivity index (χ0v) is 25.7. The van der Waals surface area contributed by atoms with Gasteiger partial charge in [0.05, 0.1) is 25.4 Å². The maximum absolute atomic E-state index is 14.2. The molecule has 5 N–H and O–H groups in total. The summed E-state index contributed by atoms with van der Waals surface area (Å²) in [5.74, 6) is -2.25. The Morgan fingerprint density at radius 1 is 1.07 bits per heavy atom. The summed E-state index contributed by atoms with van der Waals surface area (Å²) in [5, 5.41) is 53.0. The lowest BCUT2D eigenvalue weighted by Gasteiger charge is -2.71. The van der Waals surface area contributed by atoms with Crippen molar-refractivity contribution in [1.82, 2.24) is 0 Å². The van der Waals surface area contributed by atoms with E-state index in [0.29, 0.717) is 6.42 Å². The molecule has 2 heterocycles. The fraction of sp³-hybridized carbons (Fsp3) is 0.867. The second kappa shape index (κ2) is 11.3. The zero-order valence-electron chi connectivity index (χ0n) is 25.7. The van der Waals surface area contributed by atoms with Crippen LogP contribution in [0, 0.1) is 34.5 Å². The molecule has 0 unspecified atom stereocenters. The van der Waals surface area contributed by atoms with E-state index in [4.69, 9.17) is 28.4 Å². The van der Waals surface area contributed by atoms with Gasteiger partial charge in [-0.3, -0.25) is 9.59 Å². The Morgan fingerprint density at radius 3 is 2.33 bits per heavy atom. The first kappa shape index (κ1) is 32.7. The van der Waals surface area contributed by atoms with E-state index in [1.54, 1.807) is 13.0 Å². The highest BCUT2D eigenvalue weighted by Gasteiger charge is 2.76. The number of rotatable bonds is 6. The van der Waals surface area contributed by atoms with Crippen molar-refractivity contribution in [3.05, 3.63) is 11.8 Å². The average molecular weight is 615 g/mol. The van der Waals surface area contributed by atoms with E-state index >= 15 is 0 Å². The maximum atomic E-state index is 14.2. The van der Waals surface area contributed by atoms with Crippen molar-refractivity contribution in [2.45, 2.75) is 108 Å². The molecule has 5 rings (SSSR count). The molecule has 0 spiro atoms. The number of ketones is 1. The topological polar surface area (TPSA) is 191 Å². The number of esters is 1. The Kier molecular flexibility index (Phi) is 8.58. The monoisotopic (exact) mass is 614 g/mol. The highest BCUT2D eigenvalue weighted by atomic mass is 16.8. The van der Waals surface area contributed by atoms with Crippen LogP contribution in [0.4, 0.5) is 0 Å². The predicted molar refractivity (Wildman–Crippen MR) is 146 cm³/mol. The molecule has 0 bridgehead atoms. The van der Waals surface area contributed by atoms with Crippen LogP contribution in [0.5, 0.6) is 0 Å². The number of Topliss-reactive ketones (excluding diaryl/α,β-unsaturated/α-hetero) is 1. The lowest BCUT2D eigenvalue weighted by molar-refractivity contribution is -0.392. The van der Waals surface area contributed by atoms with Crippen molar-refractivity contribution >= 4 is 11.8 Å². The third-order valence-corrected chi connectivity index (χ3v) is 11.3. The van der Waals surface area contributed by atoms with Gasteiger partial charge in [0, 0.05) is 43.1 Å². The minimum absolute atomic E-state index is 0.0651. The highest BCUT2D eigenvalue weighted by Crippen LogP contribution is 2.70. The first-order valence-corrected chi connectivity index (χ1v) is 14.9. The number of carbonyl (C=O) groups is 2. The summed E-state index contributed by atoms with van der Waals surface area (Å²) in [6.07, 6.45) is -8.89. The normalized spacial score (nSPS) is 52.9. The molecule has 3 aliphatic carbocycles. The van der Waals surface area contributed by atoms with Gasteiger partial charge in [-0.2, -0.15) is 0 Å². The van der Waals surface area contributed by atoms with Gasteiger partial charge >= 0.3 is 5.97 Å². The van der Waals surface area contributed by atoms with E-state index < -0.39 is 96.2 Å². The van der Waals surface area contributed by atoms with Crippen LogP contribution in [0.3, 0.4) is 0 Å². The first-order valence-electron chi connectivity index (χ1n) is 14.9. The predicted octanol–water partition coefficient (Wildman–Crippen LogP) is -0.357. The SMILES string of the molecule is COC1=C[C@@H](C)[C@H]2C[C@H]3O[C@@H](O[C@H]4O[C@@H](CO)[C@H](O)[C@@H](O)[C@@H]4O)C[C@H]4[C@](C)(O)[C@H](OC)[C@@H](OC(C)=O)[C@H]([C@@]2(C)C1=O)[C@@]34C. The van der Waals surface area contributed by atoms with Gasteiger partial charge in [0.1, 0.15) is 36.6 Å². The molecule has 0 aromatic rings. The van der Waals surface area contributed by atoms with Crippen LogP contribution in [0.1, 0.15) is 47.5 Å². The minimum Gasteiger partial charge on any atom is -0.493 e. The second-order valence-corrected chi connectivity index (χ2v) is 13.5. The second-order valence-electron chi connectivity index (χ2n) is 13.5. The molecule has 16 atom stereocenters. The quantitative estimate of drug-likeness (QED) is 0.244. The number of hydrogen-bond donors (Lipinski definition) is 5.